The normalized spacial score (nSPS) is 25.3. The second kappa shape index (κ2) is 3.89. The zero-order chi connectivity index (χ0) is 11.0. The number of hydrogen-bond acceptors (Lipinski definition) is 4. The SMILES string of the molecule is CSC1=C(C)C[C@H]1C(=O)N1CCOC1=O. The van der Waals surface area contributed by atoms with Gasteiger partial charge in [0, 0.05) is 0 Å². The standard InChI is InChI=1S/C10H13NO3S/c1-6-5-7(8(6)15-2)9(12)11-3-4-14-10(11)13/h7H,3-5H2,1-2H3/t7-/m1/s1. The predicted molar refractivity (Wildman–Crippen MR) is 57.4 cm³/mol. The van der Waals surface area contributed by atoms with Gasteiger partial charge in [-0.2, -0.15) is 0 Å². The van der Waals surface area contributed by atoms with E-state index >= 15 is 0 Å². The number of cyclic esters (lactones) is 1. The fourth-order valence-corrected chi connectivity index (χ4v) is 2.86. The molecule has 5 heteroatoms. The zero-order valence-electron chi connectivity index (χ0n) is 8.78. The van der Waals surface area contributed by atoms with E-state index in [4.69, 9.17) is 4.74 Å². The van der Waals surface area contributed by atoms with Crippen LogP contribution in [0.2, 0.25) is 0 Å². The second-order valence-corrected chi connectivity index (χ2v) is 4.56. The summed E-state index contributed by atoms with van der Waals surface area (Å²) in [6.07, 6.45) is 2.24. The van der Waals surface area contributed by atoms with Crippen LogP contribution >= 0.6 is 11.8 Å². The van der Waals surface area contributed by atoms with Crippen molar-refractivity contribution >= 4 is 23.8 Å². The van der Waals surface area contributed by atoms with Crippen LogP contribution < -0.4 is 0 Å². The molecule has 1 aliphatic carbocycles. The highest BCUT2D eigenvalue weighted by molar-refractivity contribution is 8.02. The minimum absolute atomic E-state index is 0.104. The number of carbonyl (C=O) groups excluding carboxylic acids is 2. The van der Waals surface area contributed by atoms with Crippen LogP contribution in [0.1, 0.15) is 13.3 Å². The van der Waals surface area contributed by atoms with Crippen molar-refractivity contribution in [3.8, 4) is 0 Å². The van der Waals surface area contributed by atoms with E-state index in [0.717, 1.165) is 11.3 Å². The Morgan fingerprint density at radius 2 is 2.33 bits per heavy atom. The molecular weight excluding hydrogens is 214 g/mol. The largest absolute Gasteiger partial charge is 0.447 e. The first-order chi connectivity index (χ1) is 7.15. The number of allylic oxidation sites excluding steroid dienone is 1. The molecule has 1 atom stereocenters. The highest BCUT2D eigenvalue weighted by Gasteiger charge is 2.39. The van der Waals surface area contributed by atoms with Crippen LogP contribution in [0.3, 0.4) is 0 Å². The van der Waals surface area contributed by atoms with Gasteiger partial charge in [0.15, 0.2) is 0 Å². The van der Waals surface area contributed by atoms with Gasteiger partial charge < -0.3 is 4.74 Å². The van der Waals surface area contributed by atoms with Crippen molar-refractivity contribution in [1.29, 1.82) is 0 Å². The number of amides is 2. The molecule has 15 heavy (non-hydrogen) atoms. The smallest absolute Gasteiger partial charge is 0.416 e. The van der Waals surface area contributed by atoms with E-state index in [2.05, 4.69) is 0 Å². The number of rotatable bonds is 2. The molecule has 0 aromatic rings. The molecule has 0 unspecified atom stereocenters. The lowest BCUT2D eigenvalue weighted by Gasteiger charge is -2.31. The van der Waals surface area contributed by atoms with Gasteiger partial charge in [-0.25, -0.2) is 9.69 Å². The van der Waals surface area contributed by atoms with E-state index in [9.17, 15) is 9.59 Å². The maximum absolute atomic E-state index is 11.9. The van der Waals surface area contributed by atoms with E-state index in [0.29, 0.717) is 13.2 Å². The summed E-state index contributed by atoms with van der Waals surface area (Å²) in [5.74, 6) is -0.210. The summed E-state index contributed by atoms with van der Waals surface area (Å²) in [4.78, 5) is 25.5. The number of ether oxygens (including phenoxy) is 1. The number of carbonyl (C=O) groups is 2. The highest BCUT2D eigenvalue weighted by Crippen LogP contribution is 2.42. The average molecular weight is 227 g/mol. The molecule has 0 spiro atoms. The first-order valence-electron chi connectivity index (χ1n) is 4.87. The van der Waals surface area contributed by atoms with Gasteiger partial charge in [0.2, 0.25) is 5.91 Å². The third-order valence-electron chi connectivity index (χ3n) is 2.79. The fourth-order valence-electron chi connectivity index (χ4n) is 1.96. The molecule has 82 valence electrons. The lowest BCUT2D eigenvalue weighted by Crippen LogP contribution is -2.40. The summed E-state index contributed by atoms with van der Waals surface area (Å²) in [5.41, 5.74) is 1.26. The summed E-state index contributed by atoms with van der Waals surface area (Å²) >= 11 is 1.60. The molecule has 2 amide bonds. The maximum Gasteiger partial charge on any atom is 0.416 e. The Hall–Kier alpha value is -0.970. The molecule has 4 nitrogen and oxygen atoms in total. The molecule has 0 radical (unpaired) electrons. The summed E-state index contributed by atoms with van der Waals surface area (Å²) in [7, 11) is 0. The first-order valence-corrected chi connectivity index (χ1v) is 6.09. The lowest BCUT2D eigenvalue weighted by atomic mass is 9.86. The molecule has 1 fully saturated rings. The van der Waals surface area contributed by atoms with Crippen molar-refractivity contribution in [1.82, 2.24) is 4.90 Å². The average Bonchev–Trinajstić information content (AvgIpc) is 2.60. The lowest BCUT2D eigenvalue weighted by molar-refractivity contribution is -0.131. The first kappa shape index (κ1) is 10.5. The second-order valence-electron chi connectivity index (χ2n) is 3.71. The van der Waals surface area contributed by atoms with Crippen LogP contribution in [-0.2, 0) is 9.53 Å². The molecule has 1 aliphatic heterocycles. The van der Waals surface area contributed by atoms with Crippen molar-refractivity contribution in [2.24, 2.45) is 5.92 Å². The highest BCUT2D eigenvalue weighted by atomic mass is 32.2. The Bertz CT molecular complexity index is 351. The van der Waals surface area contributed by atoms with E-state index in [1.54, 1.807) is 11.8 Å². The van der Waals surface area contributed by atoms with Crippen molar-refractivity contribution < 1.29 is 14.3 Å². The summed E-state index contributed by atoms with van der Waals surface area (Å²) in [5, 5.41) is 0. The third-order valence-corrected chi connectivity index (χ3v) is 3.87. The van der Waals surface area contributed by atoms with Gasteiger partial charge >= 0.3 is 6.09 Å². The minimum atomic E-state index is -0.495. The predicted octanol–water partition coefficient (Wildman–Crippen LogP) is 1.62. The number of imide groups is 1. The van der Waals surface area contributed by atoms with Crippen molar-refractivity contribution in [2.75, 3.05) is 19.4 Å². The Labute approximate surface area is 92.6 Å². The Morgan fingerprint density at radius 3 is 2.80 bits per heavy atom. The number of hydrogen-bond donors (Lipinski definition) is 0. The molecule has 0 aromatic carbocycles. The van der Waals surface area contributed by atoms with Gasteiger partial charge in [-0.3, -0.25) is 4.79 Å². The van der Waals surface area contributed by atoms with Crippen molar-refractivity contribution in [3.05, 3.63) is 10.5 Å². The Morgan fingerprint density at radius 1 is 1.60 bits per heavy atom. The van der Waals surface area contributed by atoms with Crippen LogP contribution in [0.25, 0.3) is 0 Å². The molecule has 0 aromatic heterocycles. The van der Waals surface area contributed by atoms with Gasteiger partial charge in [0.05, 0.1) is 12.5 Å². The van der Waals surface area contributed by atoms with E-state index in [1.165, 1.54) is 10.5 Å². The van der Waals surface area contributed by atoms with Crippen LogP contribution in [0.15, 0.2) is 10.5 Å². The van der Waals surface area contributed by atoms with Gasteiger partial charge in [-0.05, 0) is 24.5 Å². The molecule has 2 rings (SSSR count). The van der Waals surface area contributed by atoms with E-state index in [-0.39, 0.29) is 11.8 Å². The van der Waals surface area contributed by atoms with Crippen molar-refractivity contribution in [3.63, 3.8) is 0 Å². The number of thioether (sulfide) groups is 1. The minimum Gasteiger partial charge on any atom is -0.447 e. The van der Waals surface area contributed by atoms with Crippen LogP contribution in [0.4, 0.5) is 4.79 Å². The Balaban J connectivity index is 2.07. The van der Waals surface area contributed by atoms with Gasteiger partial charge in [0.25, 0.3) is 0 Å². The summed E-state index contributed by atoms with van der Waals surface area (Å²) < 4.78 is 4.74. The molecular formula is C10H13NO3S. The third kappa shape index (κ3) is 1.65. The Kier molecular flexibility index (Phi) is 2.73. The molecule has 1 heterocycles. The fraction of sp³-hybridized carbons (Fsp3) is 0.600. The topological polar surface area (TPSA) is 46.6 Å². The number of nitrogens with zero attached hydrogens (tertiary/aromatic N) is 1. The zero-order valence-corrected chi connectivity index (χ0v) is 9.60. The van der Waals surface area contributed by atoms with Crippen LogP contribution in [0.5, 0.6) is 0 Å². The quantitative estimate of drug-likeness (QED) is 0.719. The van der Waals surface area contributed by atoms with Gasteiger partial charge in [0.1, 0.15) is 6.61 Å². The van der Waals surface area contributed by atoms with Crippen LogP contribution in [-0.4, -0.2) is 36.3 Å². The molecule has 0 bridgehead atoms. The van der Waals surface area contributed by atoms with Gasteiger partial charge in [-0.15, -0.1) is 11.8 Å². The van der Waals surface area contributed by atoms with Crippen molar-refractivity contribution in [2.45, 2.75) is 13.3 Å². The molecule has 1 saturated heterocycles. The van der Waals surface area contributed by atoms with Crippen LogP contribution in [0, 0.1) is 5.92 Å². The molecule has 0 N–H and O–H groups in total. The summed E-state index contributed by atoms with van der Waals surface area (Å²) in [6.45, 7) is 2.75. The maximum atomic E-state index is 11.9. The summed E-state index contributed by atoms with van der Waals surface area (Å²) in [6, 6.07) is 0. The molecule has 0 saturated carbocycles. The van der Waals surface area contributed by atoms with Gasteiger partial charge in [-0.1, -0.05) is 5.57 Å². The monoisotopic (exact) mass is 227 g/mol. The van der Waals surface area contributed by atoms with E-state index < -0.39 is 6.09 Å². The molecule has 2 aliphatic rings. The van der Waals surface area contributed by atoms with E-state index in [1.807, 2.05) is 13.2 Å².